The van der Waals surface area contributed by atoms with Gasteiger partial charge >= 0.3 is 0 Å². The molecular weight excluding hydrogens is 364 g/mol. The lowest BCUT2D eigenvalue weighted by molar-refractivity contribution is 0.0950. The van der Waals surface area contributed by atoms with Gasteiger partial charge in [-0.2, -0.15) is 0 Å². The number of hydrogen-bond acceptors (Lipinski definition) is 4. The number of nitrogens with two attached hydrogens (primary N) is 2. The van der Waals surface area contributed by atoms with Crippen molar-refractivity contribution in [2.24, 2.45) is 5.73 Å². The number of anilines is 1. The lowest BCUT2D eigenvalue weighted by Crippen LogP contribution is -2.30. The number of carbonyl (C=O) groups excluding carboxylic acids is 2. The third-order valence-electron chi connectivity index (χ3n) is 5.21. The summed E-state index contributed by atoms with van der Waals surface area (Å²) >= 11 is 0. The number of carbonyl (C=O) groups is 2. The number of nitrogens with one attached hydrogen (secondary N) is 1. The first-order valence-electron chi connectivity index (χ1n) is 9.99. The Morgan fingerprint density at radius 3 is 2.52 bits per heavy atom. The van der Waals surface area contributed by atoms with Crippen molar-refractivity contribution in [3.8, 4) is 0 Å². The first kappa shape index (κ1) is 20.6. The molecule has 0 fully saturated rings. The van der Waals surface area contributed by atoms with Crippen molar-refractivity contribution in [3.05, 3.63) is 71.3 Å². The highest BCUT2D eigenvalue weighted by Crippen LogP contribution is 2.22. The van der Waals surface area contributed by atoms with Crippen molar-refractivity contribution in [3.63, 3.8) is 0 Å². The quantitative estimate of drug-likeness (QED) is 0.475. The molecule has 29 heavy (non-hydrogen) atoms. The maximum Gasteiger partial charge on any atom is 0.253 e. The summed E-state index contributed by atoms with van der Waals surface area (Å²) in [5, 5.41) is 2.89. The molecule has 1 aliphatic heterocycles. The van der Waals surface area contributed by atoms with E-state index < -0.39 is 5.91 Å². The van der Waals surface area contributed by atoms with Crippen LogP contribution in [0.25, 0.3) is 5.57 Å². The number of benzene rings is 2. The first-order valence-corrected chi connectivity index (χ1v) is 9.99. The van der Waals surface area contributed by atoms with E-state index in [4.69, 9.17) is 11.5 Å². The van der Waals surface area contributed by atoms with Crippen LogP contribution in [-0.2, 0) is 0 Å². The van der Waals surface area contributed by atoms with E-state index in [-0.39, 0.29) is 11.6 Å². The maximum atomic E-state index is 12.3. The molecule has 2 aromatic rings. The second-order valence-electron chi connectivity index (χ2n) is 7.28. The Labute approximate surface area is 171 Å². The summed E-state index contributed by atoms with van der Waals surface area (Å²) in [6.07, 6.45) is 5.31. The van der Waals surface area contributed by atoms with Gasteiger partial charge in [0.1, 0.15) is 0 Å². The van der Waals surface area contributed by atoms with E-state index >= 15 is 0 Å². The van der Waals surface area contributed by atoms with Crippen molar-refractivity contribution in [1.29, 1.82) is 0 Å². The minimum absolute atomic E-state index is 0.230. The van der Waals surface area contributed by atoms with Crippen molar-refractivity contribution >= 4 is 23.1 Å². The predicted octanol–water partition coefficient (Wildman–Crippen LogP) is 2.67. The highest BCUT2D eigenvalue weighted by atomic mass is 16.2. The molecule has 0 saturated carbocycles. The summed E-state index contributed by atoms with van der Waals surface area (Å²) in [5.74, 6) is -0.793. The van der Waals surface area contributed by atoms with Gasteiger partial charge in [0.2, 0.25) is 5.91 Å². The molecule has 1 aliphatic rings. The number of rotatable bonds is 8. The van der Waals surface area contributed by atoms with Crippen molar-refractivity contribution < 1.29 is 9.59 Å². The van der Waals surface area contributed by atoms with E-state index in [1.54, 1.807) is 0 Å². The van der Waals surface area contributed by atoms with Gasteiger partial charge in [-0.05, 0) is 55.1 Å². The van der Waals surface area contributed by atoms with Crippen molar-refractivity contribution in [2.45, 2.75) is 19.3 Å². The van der Waals surface area contributed by atoms with E-state index in [1.807, 2.05) is 6.07 Å². The molecule has 5 N–H and O–H groups in total. The summed E-state index contributed by atoms with van der Waals surface area (Å²) < 4.78 is 0. The predicted molar refractivity (Wildman–Crippen MR) is 116 cm³/mol. The fourth-order valence-electron chi connectivity index (χ4n) is 3.51. The van der Waals surface area contributed by atoms with Gasteiger partial charge in [-0.3, -0.25) is 14.5 Å². The van der Waals surface area contributed by atoms with Crippen LogP contribution < -0.4 is 16.8 Å². The Kier molecular flexibility index (Phi) is 7.03. The smallest absolute Gasteiger partial charge is 0.253 e. The standard InChI is InChI=1S/C23H28N4O2/c24-21-16-19(22(25)28)8-9-20(21)23(29)26-12-4-5-13-27-14-10-18(11-15-27)17-6-2-1-3-7-17/h1-3,6-10,16H,4-5,11-15,24H2,(H2,25,28)(H,26,29). The molecular formula is C23H28N4O2. The van der Waals surface area contributed by atoms with Gasteiger partial charge < -0.3 is 16.8 Å². The minimum Gasteiger partial charge on any atom is -0.398 e. The van der Waals surface area contributed by atoms with E-state index in [2.05, 4.69) is 40.6 Å². The largest absolute Gasteiger partial charge is 0.398 e. The van der Waals surface area contributed by atoms with Crippen molar-refractivity contribution in [2.75, 3.05) is 31.9 Å². The molecule has 2 aromatic carbocycles. The van der Waals surface area contributed by atoms with Crippen LogP contribution in [0.3, 0.4) is 0 Å². The summed E-state index contributed by atoms with van der Waals surface area (Å²) in [4.78, 5) is 25.9. The highest BCUT2D eigenvalue weighted by molar-refractivity contribution is 6.01. The van der Waals surface area contributed by atoms with Crippen LogP contribution >= 0.6 is 0 Å². The molecule has 6 nitrogen and oxygen atoms in total. The van der Waals surface area contributed by atoms with Gasteiger partial charge in [-0.25, -0.2) is 0 Å². The Bertz CT molecular complexity index is 893. The van der Waals surface area contributed by atoms with Gasteiger partial charge in [0.05, 0.1) is 5.56 Å². The molecule has 0 unspecified atom stereocenters. The molecule has 152 valence electrons. The average Bonchev–Trinajstić information content (AvgIpc) is 2.74. The molecule has 0 bridgehead atoms. The summed E-state index contributed by atoms with van der Waals surface area (Å²) in [6.45, 7) is 3.65. The second-order valence-corrected chi connectivity index (χ2v) is 7.28. The fraction of sp³-hybridized carbons (Fsp3) is 0.304. The summed E-state index contributed by atoms with van der Waals surface area (Å²) in [6, 6.07) is 15.0. The van der Waals surface area contributed by atoms with Gasteiger partial charge in [0, 0.05) is 30.9 Å². The zero-order valence-electron chi connectivity index (χ0n) is 16.6. The zero-order chi connectivity index (χ0) is 20.6. The number of hydrogen-bond donors (Lipinski definition) is 3. The average molecular weight is 393 g/mol. The second kappa shape index (κ2) is 9.89. The molecule has 0 saturated heterocycles. The number of unbranched alkanes of at least 4 members (excludes halogenated alkanes) is 1. The number of primary amides is 1. The molecule has 0 spiro atoms. The first-order chi connectivity index (χ1) is 14.0. The Morgan fingerprint density at radius 1 is 1.07 bits per heavy atom. The molecule has 0 radical (unpaired) electrons. The molecule has 0 atom stereocenters. The van der Waals surface area contributed by atoms with Crippen LogP contribution in [0.5, 0.6) is 0 Å². The van der Waals surface area contributed by atoms with Gasteiger partial charge in [0.25, 0.3) is 5.91 Å². The zero-order valence-corrected chi connectivity index (χ0v) is 16.6. The fourth-order valence-corrected chi connectivity index (χ4v) is 3.51. The Balaban J connectivity index is 1.37. The monoisotopic (exact) mass is 392 g/mol. The molecule has 3 rings (SSSR count). The molecule has 1 heterocycles. The van der Waals surface area contributed by atoms with E-state index in [9.17, 15) is 9.59 Å². The minimum atomic E-state index is -0.563. The van der Waals surface area contributed by atoms with Crippen LogP contribution in [0.15, 0.2) is 54.6 Å². The molecule has 2 amide bonds. The normalized spacial score (nSPS) is 14.3. The van der Waals surface area contributed by atoms with E-state index in [1.165, 1.54) is 29.3 Å². The van der Waals surface area contributed by atoms with Gasteiger partial charge in [-0.1, -0.05) is 36.4 Å². The SMILES string of the molecule is NC(=O)c1ccc(C(=O)NCCCCN2CC=C(c3ccccc3)CC2)c(N)c1. The van der Waals surface area contributed by atoms with Crippen LogP contribution in [0.1, 0.15) is 45.5 Å². The highest BCUT2D eigenvalue weighted by Gasteiger charge is 2.13. The van der Waals surface area contributed by atoms with Crippen molar-refractivity contribution in [1.82, 2.24) is 10.2 Å². The molecule has 0 aromatic heterocycles. The van der Waals surface area contributed by atoms with Crippen LogP contribution in [0.4, 0.5) is 5.69 Å². The third-order valence-corrected chi connectivity index (χ3v) is 5.21. The molecule has 6 heteroatoms. The van der Waals surface area contributed by atoms with E-state index in [0.717, 1.165) is 38.9 Å². The third kappa shape index (κ3) is 5.68. The number of amides is 2. The van der Waals surface area contributed by atoms with Crippen LogP contribution in [0.2, 0.25) is 0 Å². The van der Waals surface area contributed by atoms with Gasteiger partial charge in [-0.15, -0.1) is 0 Å². The lowest BCUT2D eigenvalue weighted by Gasteiger charge is -2.26. The number of nitrogens with zero attached hydrogens (tertiary/aromatic N) is 1. The number of nitrogen functional groups attached to an aromatic ring is 1. The molecule has 0 aliphatic carbocycles. The topological polar surface area (TPSA) is 101 Å². The summed E-state index contributed by atoms with van der Waals surface area (Å²) in [7, 11) is 0. The van der Waals surface area contributed by atoms with Crippen LogP contribution in [0, 0.1) is 0 Å². The Hall–Kier alpha value is -3.12. The Morgan fingerprint density at radius 2 is 1.86 bits per heavy atom. The maximum absolute atomic E-state index is 12.3. The van der Waals surface area contributed by atoms with E-state index in [0.29, 0.717) is 17.7 Å². The summed E-state index contributed by atoms with van der Waals surface area (Å²) in [5.41, 5.74) is 14.7. The lowest BCUT2D eigenvalue weighted by atomic mass is 9.99. The van der Waals surface area contributed by atoms with Crippen LogP contribution in [-0.4, -0.2) is 42.9 Å². The van der Waals surface area contributed by atoms with Gasteiger partial charge in [0.15, 0.2) is 0 Å².